The van der Waals surface area contributed by atoms with E-state index in [9.17, 15) is 14.0 Å². The lowest BCUT2D eigenvalue weighted by molar-refractivity contribution is -0.146. The van der Waals surface area contributed by atoms with Gasteiger partial charge in [0.05, 0.1) is 18.6 Å². The molecule has 0 aliphatic carbocycles. The van der Waals surface area contributed by atoms with Gasteiger partial charge in [-0.05, 0) is 31.0 Å². The zero-order valence-corrected chi connectivity index (χ0v) is 11.3. The van der Waals surface area contributed by atoms with Crippen LogP contribution in [0.25, 0.3) is 0 Å². The monoisotopic (exact) mass is 280 g/mol. The third-order valence-corrected chi connectivity index (χ3v) is 3.56. The third kappa shape index (κ3) is 2.89. The van der Waals surface area contributed by atoms with Gasteiger partial charge in [0.1, 0.15) is 5.82 Å². The lowest BCUT2D eigenvalue weighted by atomic mass is 9.96. The van der Waals surface area contributed by atoms with Crippen molar-refractivity contribution in [3.63, 3.8) is 0 Å². The van der Waals surface area contributed by atoms with E-state index in [1.54, 1.807) is 4.90 Å². The number of rotatable bonds is 2. The molecular weight excluding hydrogens is 263 g/mol. The molecule has 0 radical (unpaired) electrons. The standard InChI is InChI=1S/C14H17FN2O3/c1-20-14(19)9-4-6-17(7-5-9)13(18)11-3-2-10(15)8-12(11)16/h2-3,8-9H,4-7,16H2,1H3. The maximum atomic E-state index is 13.0. The number of amides is 1. The highest BCUT2D eigenvalue weighted by Crippen LogP contribution is 2.22. The summed E-state index contributed by atoms with van der Waals surface area (Å²) in [6, 6.07) is 3.73. The topological polar surface area (TPSA) is 72.6 Å². The Balaban J connectivity index is 2.03. The molecule has 0 saturated carbocycles. The fourth-order valence-corrected chi connectivity index (χ4v) is 2.38. The number of ether oxygens (including phenoxy) is 1. The Morgan fingerprint density at radius 1 is 1.35 bits per heavy atom. The van der Waals surface area contributed by atoms with Gasteiger partial charge in [-0.2, -0.15) is 0 Å². The van der Waals surface area contributed by atoms with Crippen LogP contribution in [-0.4, -0.2) is 37.0 Å². The Morgan fingerprint density at radius 2 is 2.00 bits per heavy atom. The number of methoxy groups -OCH3 is 1. The molecule has 108 valence electrons. The van der Waals surface area contributed by atoms with Crippen LogP contribution in [-0.2, 0) is 9.53 Å². The number of nitrogen functional groups attached to an aromatic ring is 1. The Hall–Kier alpha value is -2.11. The summed E-state index contributed by atoms with van der Waals surface area (Å²) < 4.78 is 17.7. The lowest BCUT2D eigenvalue weighted by Gasteiger charge is -2.31. The summed E-state index contributed by atoms with van der Waals surface area (Å²) in [4.78, 5) is 25.3. The number of anilines is 1. The number of nitrogens with zero attached hydrogens (tertiary/aromatic N) is 1. The molecule has 1 heterocycles. The number of halogens is 1. The second-order valence-electron chi connectivity index (χ2n) is 4.82. The zero-order chi connectivity index (χ0) is 14.7. The quantitative estimate of drug-likeness (QED) is 0.657. The predicted octanol–water partition coefficient (Wildman–Crippen LogP) is 1.43. The van der Waals surface area contributed by atoms with Crippen LogP contribution < -0.4 is 5.73 Å². The summed E-state index contributed by atoms with van der Waals surface area (Å²) in [6.45, 7) is 0.935. The summed E-state index contributed by atoms with van der Waals surface area (Å²) in [7, 11) is 1.36. The van der Waals surface area contributed by atoms with Gasteiger partial charge >= 0.3 is 5.97 Å². The number of hydrogen-bond donors (Lipinski definition) is 1. The normalized spacial score (nSPS) is 16.0. The molecule has 1 aliphatic rings. The summed E-state index contributed by atoms with van der Waals surface area (Å²) in [6.07, 6.45) is 1.14. The lowest BCUT2D eigenvalue weighted by Crippen LogP contribution is -2.40. The second kappa shape index (κ2) is 5.90. The van der Waals surface area contributed by atoms with Gasteiger partial charge in [0.2, 0.25) is 0 Å². The minimum atomic E-state index is -0.469. The van der Waals surface area contributed by atoms with Gasteiger partial charge in [-0.3, -0.25) is 9.59 Å². The van der Waals surface area contributed by atoms with Crippen molar-refractivity contribution in [3.8, 4) is 0 Å². The molecule has 0 aromatic heterocycles. The van der Waals surface area contributed by atoms with E-state index >= 15 is 0 Å². The molecular formula is C14H17FN2O3. The first-order chi connectivity index (χ1) is 9.52. The van der Waals surface area contributed by atoms with Crippen LogP contribution in [0.5, 0.6) is 0 Å². The van der Waals surface area contributed by atoms with Crippen molar-refractivity contribution in [2.75, 3.05) is 25.9 Å². The highest BCUT2D eigenvalue weighted by atomic mass is 19.1. The SMILES string of the molecule is COC(=O)C1CCN(C(=O)c2ccc(F)cc2N)CC1. The average Bonchev–Trinajstić information content (AvgIpc) is 2.46. The highest BCUT2D eigenvalue weighted by Gasteiger charge is 2.28. The number of carbonyl (C=O) groups excluding carboxylic acids is 2. The number of hydrogen-bond acceptors (Lipinski definition) is 4. The Morgan fingerprint density at radius 3 is 2.55 bits per heavy atom. The molecule has 20 heavy (non-hydrogen) atoms. The van der Waals surface area contributed by atoms with Crippen molar-refractivity contribution >= 4 is 17.6 Å². The van der Waals surface area contributed by atoms with E-state index in [2.05, 4.69) is 0 Å². The van der Waals surface area contributed by atoms with Gasteiger partial charge in [-0.25, -0.2) is 4.39 Å². The van der Waals surface area contributed by atoms with Gasteiger partial charge in [-0.1, -0.05) is 0 Å². The number of carbonyl (C=O) groups is 2. The molecule has 1 fully saturated rings. The van der Waals surface area contributed by atoms with Crippen LogP contribution in [0, 0.1) is 11.7 Å². The zero-order valence-electron chi connectivity index (χ0n) is 11.3. The highest BCUT2D eigenvalue weighted by molar-refractivity contribution is 5.99. The molecule has 0 unspecified atom stereocenters. The fourth-order valence-electron chi connectivity index (χ4n) is 2.38. The molecule has 0 spiro atoms. The summed E-state index contributed by atoms with van der Waals surface area (Å²) in [5.41, 5.74) is 6.09. The first-order valence-corrected chi connectivity index (χ1v) is 6.45. The predicted molar refractivity (Wildman–Crippen MR) is 71.5 cm³/mol. The van der Waals surface area contributed by atoms with E-state index in [1.807, 2.05) is 0 Å². The Bertz CT molecular complexity index is 525. The van der Waals surface area contributed by atoms with Gasteiger partial charge in [0.15, 0.2) is 0 Å². The van der Waals surface area contributed by atoms with E-state index in [-0.39, 0.29) is 23.5 Å². The maximum Gasteiger partial charge on any atom is 0.308 e. The molecule has 2 rings (SSSR count). The number of piperidine rings is 1. The van der Waals surface area contributed by atoms with Gasteiger partial charge in [-0.15, -0.1) is 0 Å². The number of benzene rings is 1. The van der Waals surface area contributed by atoms with Crippen molar-refractivity contribution in [2.45, 2.75) is 12.8 Å². The third-order valence-electron chi connectivity index (χ3n) is 3.56. The van der Waals surface area contributed by atoms with Gasteiger partial charge < -0.3 is 15.4 Å². The molecule has 1 aromatic carbocycles. The van der Waals surface area contributed by atoms with Crippen molar-refractivity contribution in [2.24, 2.45) is 5.92 Å². The first-order valence-electron chi connectivity index (χ1n) is 6.45. The maximum absolute atomic E-state index is 13.0. The van der Waals surface area contributed by atoms with E-state index in [4.69, 9.17) is 10.5 Å². The number of likely N-dealkylation sites (tertiary alicyclic amines) is 1. The molecule has 1 aromatic rings. The van der Waals surface area contributed by atoms with Crippen molar-refractivity contribution in [1.29, 1.82) is 0 Å². The van der Waals surface area contributed by atoms with Crippen LogP contribution in [0.15, 0.2) is 18.2 Å². The van der Waals surface area contributed by atoms with E-state index in [0.717, 1.165) is 6.07 Å². The summed E-state index contributed by atoms with van der Waals surface area (Å²) in [5.74, 6) is -1.10. The molecule has 1 aliphatic heterocycles. The van der Waals surface area contributed by atoms with Crippen LogP contribution in [0.1, 0.15) is 23.2 Å². The van der Waals surface area contributed by atoms with E-state index in [1.165, 1.54) is 19.2 Å². The summed E-state index contributed by atoms with van der Waals surface area (Å²) in [5, 5.41) is 0. The minimum Gasteiger partial charge on any atom is -0.469 e. The van der Waals surface area contributed by atoms with Crippen molar-refractivity contribution in [1.82, 2.24) is 4.90 Å². The van der Waals surface area contributed by atoms with Crippen molar-refractivity contribution in [3.05, 3.63) is 29.6 Å². The van der Waals surface area contributed by atoms with Crippen LogP contribution in [0.2, 0.25) is 0 Å². The largest absolute Gasteiger partial charge is 0.469 e. The van der Waals surface area contributed by atoms with Crippen molar-refractivity contribution < 1.29 is 18.7 Å². The Kier molecular flexibility index (Phi) is 4.22. The number of esters is 1. The molecule has 1 saturated heterocycles. The fraction of sp³-hybridized carbons (Fsp3) is 0.429. The van der Waals surface area contributed by atoms with Crippen LogP contribution in [0.4, 0.5) is 10.1 Å². The molecule has 1 amide bonds. The molecule has 6 heteroatoms. The van der Waals surface area contributed by atoms with Gasteiger partial charge in [0.25, 0.3) is 5.91 Å². The van der Waals surface area contributed by atoms with Crippen LogP contribution >= 0.6 is 0 Å². The summed E-state index contributed by atoms with van der Waals surface area (Å²) >= 11 is 0. The van der Waals surface area contributed by atoms with Crippen LogP contribution in [0.3, 0.4) is 0 Å². The molecule has 0 atom stereocenters. The number of nitrogens with two attached hydrogens (primary N) is 1. The molecule has 0 bridgehead atoms. The minimum absolute atomic E-state index is 0.130. The molecule has 5 nitrogen and oxygen atoms in total. The smallest absolute Gasteiger partial charge is 0.308 e. The Labute approximate surface area is 116 Å². The first kappa shape index (κ1) is 14.3. The van der Waals surface area contributed by atoms with Gasteiger partial charge in [0, 0.05) is 18.8 Å². The van der Waals surface area contributed by atoms with E-state index < -0.39 is 5.82 Å². The van der Waals surface area contributed by atoms with E-state index in [0.29, 0.717) is 31.5 Å². The second-order valence-corrected chi connectivity index (χ2v) is 4.82. The average molecular weight is 280 g/mol. The molecule has 2 N–H and O–H groups in total.